The summed E-state index contributed by atoms with van der Waals surface area (Å²) in [6.45, 7) is 6.31. The zero-order chi connectivity index (χ0) is 19.5. The van der Waals surface area contributed by atoms with Crippen molar-refractivity contribution in [3.63, 3.8) is 0 Å². The Hall–Kier alpha value is -2.61. The maximum Gasteiger partial charge on any atom is 0.332 e. The van der Waals surface area contributed by atoms with E-state index < -0.39 is 0 Å². The minimum atomic E-state index is -0.339. The van der Waals surface area contributed by atoms with Crippen LogP contribution >= 0.6 is 15.9 Å². The summed E-state index contributed by atoms with van der Waals surface area (Å²) >= 11 is 3.45. The molecule has 3 aromatic heterocycles. The molecule has 0 unspecified atom stereocenters. The molecule has 0 aliphatic carbocycles. The predicted molar refractivity (Wildman–Crippen MR) is 109 cm³/mol. The van der Waals surface area contributed by atoms with Crippen LogP contribution in [0.5, 0.6) is 0 Å². The fourth-order valence-corrected chi connectivity index (χ4v) is 3.71. The number of aryl methyl sites for hydroxylation is 2. The average Bonchev–Trinajstić information content (AvgIpc) is 3.12. The maximum absolute atomic E-state index is 13.1. The van der Waals surface area contributed by atoms with Crippen LogP contribution < -0.4 is 11.2 Å². The van der Waals surface area contributed by atoms with E-state index in [1.54, 1.807) is 11.4 Å². The van der Waals surface area contributed by atoms with Crippen LogP contribution in [0.4, 0.5) is 0 Å². The molecule has 1 aromatic carbocycles. The topological polar surface area (TPSA) is 66.2 Å². The first-order valence-electron chi connectivity index (χ1n) is 8.75. The number of fused-ring (bicyclic) bond motifs is 3. The normalized spacial score (nSPS) is 11.9. The molecular formula is C19H20BrN5O2. The Morgan fingerprint density at radius 1 is 1.15 bits per heavy atom. The van der Waals surface area contributed by atoms with Gasteiger partial charge >= 0.3 is 5.69 Å². The van der Waals surface area contributed by atoms with Crippen LogP contribution in [0.2, 0.25) is 0 Å². The summed E-state index contributed by atoms with van der Waals surface area (Å²) in [5.74, 6) is 0.796. The molecule has 140 valence electrons. The second-order valence-electron chi connectivity index (χ2n) is 7.19. The van der Waals surface area contributed by atoms with Crippen LogP contribution in [0.25, 0.3) is 22.6 Å². The minimum absolute atomic E-state index is 0.186. The van der Waals surface area contributed by atoms with Gasteiger partial charge in [-0.05, 0) is 37.1 Å². The van der Waals surface area contributed by atoms with Gasteiger partial charge in [-0.1, -0.05) is 29.8 Å². The van der Waals surface area contributed by atoms with E-state index >= 15 is 0 Å². The Morgan fingerprint density at radius 3 is 2.44 bits per heavy atom. The highest BCUT2D eigenvalue weighted by Crippen LogP contribution is 2.22. The fourth-order valence-electron chi connectivity index (χ4n) is 3.45. The zero-order valence-electron chi connectivity index (χ0n) is 15.6. The van der Waals surface area contributed by atoms with Crippen molar-refractivity contribution in [1.29, 1.82) is 0 Å². The van der Waals surface area contributed by atoms with E-state index in [0.717, 1.165) is 15.9 Å². The van der Waals surface area contributed by atoms with Crippen LogP contribution in [0, 0.1) is 12.8 Å². The van der Waals surface area contributed by atoms with E-state index in [0.29, 0.717) is 23.5 Å². The first-order valence-corrected chi connectivity index (χ1v) is 9.54. The van der Waals surface area contributed by atoms with Gasteiger partial charge in [-0.15, -0.1) is 0 Å². The first-order chi connectivity index (χ1) is 12.8. The Balaban J connectivity index is 2.10. The highest BCUT2D eigenvalue weighted by molar-refractivity contribution is 9.10. The predicted octanol–water partition coefficient (Wildman–Crippen LogP) is 2.87. The van der Waals surface area contributed by atoms with Crippen molar-refractivity contribution in [2.75, 3.05) is 0 Å². The monoisotopic (exact) mass is 429 g/mol. The third-order valence-electron chi connectivity index (χ3n) is 4.66. The van der Waals surface area contributed by atoms with Gasteiger partial charge in [0.25, 0.3) is 5.56 Å². The zero-order valence-corrected chi connectivity index (χ0v) is 17.2. The molecule has 0 aliphatic rings. The van der Waals surface area contributed by atoms with Gasteiger partial charge in [-0.25, -0.2) is 4.79 Å². The molecule has 4 aromatic rings. The van der Waals surface area contributed by atoms with E-state index in [4.69, 9.17) is 0 Å². The van der Waals surface area contributed by atoms with Crippen LogP contribution in [0.15, 0.2) is 44.5 Å². The van der Waals surface area contributed by atoms with Crippen molar-refractivity contribution in [2.24, 2.45) is 13.0 Å². The molecule has 0 spiro atoms. The molecule has 0 atom stereocenters. The van der Waals surface area contributed by atoms with Crippen LogP contribution in [0.1, 0.15) is 19.5 Å². The second-order valence-corrected chi connectivity index (χ2v) is 8.10. The van der Waals surface area contributed by atoms with Crippen molar-refractivity contribution in [2.45, 2.75) is 27.3 Å². The first kappa shape index (κ1) is 17.8. The third kappa shape index (κ3) is 2.66. The van der Waals surface area contributed by atoms with Crippen LogP contribution in [0.3, 0.4) is 0 Å². The molecule has 0 amide bonds. The maximum atomic E-state index is 13.1. The van der Waals surface area contributed by atoms with E-state index in [2.05, 4.69) is 20.9 Å². The summed E-state index contributed by atoms with van der Waals surface area (Å²) in [5, 5.41) is 0. The summed E-state index contributed by atoms with van der Waals surface area (Å²) < 4.78 is 7.49. The number of benzene rings is 1. The number of hydrogen-bond donors (Lipinski definition) is 0. The molecule has 0 bridgehead atoms. The molecule has 0 fully saturated rings. The van der Waals surface area contributed by atoms with Gasteiger partial charge in [0.05, 0.1) is 0 Å². The Bertz CT molecular complexity index is 1290. The van der Waals surface area contributed by atoms with E-state index in [1.807, 2.05) is 55.8 Å². The molecule has 8 heteroatoms. The van der Waals surface area contributed by atoms with Gasteiger partial charge in [0.2, 0.25) is 5.78 Å². The summed E-state index contributed by atoms with van der Waals surface area (Å²) in [6, 6.07) is 7.87. The van der Waals surface area contributed by atoms with Gasteiger partial charge in [-0.3, -0.25) is 22.9 Å². The molecule has 0 radical (unpaired) electrons. The van der Waals surface area contributed by atoms with E-state index in [1.165, 1.54) is 9.13 Å². The standard InChI is InChI=1S/C19H20BrN5O2/c1-11(2)9-24-17(26)15-16(22(4)19(24)27)21-18-23(15)10-12(3)25(18)14-7-5-13(20)6-8-14/h5-8,10-11H,9H2,1-4H3. The van der Waals surface area contributed by atoms with Gasteiger partial charge in [0.1, 0.15) is 0 Å². The fraction of sp³-hybridized carbons (Fsp3) is 0.316. The summed E-state index contributed by atoms with van der Waals surface area (Å²) in [5.41, 5.74) is 2.06. The van der Waals surface area contributed by atoms with Gasteiger partial charge < -0.3 is 0 Å². The molecule has 27 heavy (non-hydrogen) atoms. The minimum Gasteiger partial charge on any atom is -0.283 e. The van der Waals surface area contributed by atoms with Gasteiger partial charge in [-0.2, -0.15) is 4.98 Å². The quantitative estimate of drug-likeness (QED) is 0.502. The number of hydrogen-bond acceptors (Lipinski definition) is 3. The van der Waals surface area contributed by atoms with Crippen molar-refractivity contribution in [3.8, 4) is 5.69 Å². The van der Waals surface area contributed by atoms with Crippen LogP contribution in [-0.2, 0) is 13.6 Å². The van der Waals surface area contributed by atoms with Gasteiger partial charge in [0, 0.05) is 35.6 Å². The van der Waals surface area contributed by atoms with E-state index in [-0.39, 0.29) is 17.2 Å². The smallest absolute Gasteiger partial charge is 0.283 e. The van der Waals surface area contributed by atoms with Crippen molar-refractivity contribution in [1.82, 2.24) is 23.1 Å². The molecule has 3 heterocycles. The lowest BCUT2D eigenvalue weighted by Crippen LogP contribution is -2.40. The number of nitrogens with zero attached hydrogens (tertiary/aromatic N) is 5. The molecule has 0 saturated carbocycles. The summed E-state index contributed by atoms with van der Waals surface area (Å²) in [6.07, 6.45) is 1.89. The Kier molecular flexibility index (Phi) is 4.10. The van der Waals surface area contributed by atoms with E-state index in [9.17, 15) is 9.59 Å². The number of halogens is 1. The number of rotatable bonds is 3. The largest absolute Gasteiger partial charge is 0.332 e. The highest BCUT2D eigenvalue weighted by Gasteiger charge is 2.21. The molecular weight excluding hydrogens is 410 g/mol. The molecule has 0 aliphatic heterocycles. The lowest BCUT2D eigenvalue weighted by Gasteiger charge is -2.09. The molecule has 0 saturated heterocycles. The Labute approximate surface area is 163 Å². The average molecular weight is 430 g/mol. The number of aromatic nitrogens is 5. The number of imidazole rings is 2. The lowest BCUT2D eigenvalue weighted by molar-refractivity contribution is 0.484. The van der Waals surface area contributed by atoms with Crippen molar-refractivity contribution < 1.29 is 0 Å². The second kappa shape index (κ2) is 6.23. The molecule has 0 N–H and O–H groups in total. The summed E-state index contributed by atoms with van der Waals surface area (Å²) in [4.78, 5) is 30.4. The highest BCUT2D eigenvalue weighted by atomic mass is 79.9. The molecule has 7 nitrogen and oxygen atoms in total. The Morgan fingerprint density at radius 2 is 1.81 bits per heavy atom. The SMILES string of the molecule is Cc1cn2c3c(=O)n(CC(C)C)c(=O)n(C)c3nc2n1-c1ccc(Br)cc1. The molecule has 4 rings (SSSR count). The third-order valence-corrected chi connectivity index (χ3v) is 5.19. The van der Waals surface area contributed by atoms with Crippen molar-refractivity contribution in [3.05, 3.63) is 61.5 Å². The summed E-state index contributed by atoms with van der Waals surface area (Å²) in [7, 11) is 1.66. The lowest BCUT2D eigenvalue weighted by atomic mass is 10.2. The van der Waals surface area contributed by atoms with Gasteiger partial charge in [0.15, 0.2) is 11.2 Å². The van der Waals surface area contributed by atoms with Crippen LogP contribution in [-0.4, -0.2) is 23.1 Å². The van der Waals surface area contributed by atoms with Crippen molar-refractivity contribution >= 4 is 32.9 Å².